The van der Waals surface area contributed by atoms with E-state index < -0.39 is 0 Å². The maximum Gasteiger partial charge on any atom is 0.198 e. The van der Waals surface area contributed by atoms with E-state index in [9.17, 15) is 4.79 Å². The van der Waals surface area contributed by atoms with Crippen molar-refractivity contribution in [3.05, 3.63) is 40.0 Å². The van der Waals surface area contributed by atoms with Crippen molar-refractivity contribution in [1.82, 2.24) is 0 Å². The average molecular weight is 288 g/mol. The van der Waals surface area contributed by atoms with Crippen LogP contribution in [0, 0.1) is 0 Å². The molecule has 0 aliphatic heterocycles. The monoisotopic (exact) mass is 288 g/mol. The number of carbonyl (C=O) groups excluding carboxylic acids is 1. The number of methoxy groups -OCH3 is 1. The fourth-order valence-electron chi connectivity index (χ4n) is 0.899. The van der Waals surface area contributed by atoms with Gasteiger partial charge in [-0.05, 0) is 46.9 Å². The number of rotatable bonds is 3. The van der Waals surface area contributed by atoms with Crippen molar-refractivity contribution >= 4 is 28.4 Å². The Labute approximate surface area is 90.7 Å². The fourth-order valence-corrected chi connectivity index (χ4v) is 1.21. The summed E-state index contributed by atoms with van der Waals surface area (Å²) in [5, 5.41) is 0. The largest absolute Gasteiger partial charge is 0.497 e. The van der Waals surface area contributed by atoms with E-state index in [0.29, 0.717) is 9.14 Å². The van der Waals surface area contributed by atoms with Crippen LogP contribution in [0.25, 0.3) is 0 Å². The second kappa shape index (κ2) is 4.41. The Hall–Kier alpha value is -0.840. The van der Waals surface area contributed by atoms with Gasteiger partial charge in [0, 0.05) is 5.56 Å². The predicted molar refractivity (Wildman–Crippen MR) is 60.5 cm³/mol. The van der Waals surface area contributed by atoms with Crippen molar-refractivity contribution in [2.24, 2.45) is 0 Å². The van der Waals surface area contributed by atoms with E-state index >= 15 is 0 Å². The second-order valence-electron chi connectivity index (χ2n) is 2.46. The molecule has 68 valence electrons. The molecule has 0 aromatic heterocycles. The standard InChI is InChI=1S/C10H9IO2/c1-7(11)10(12)8-3-5-9(13-2)6-4-8/h3-6H,1H2,2H3. The van der Waals surface area contributed by atoms with Crippen LogP contribution in [0.3, 0.4) is 0 Å². The van der Waals surface area contributed by atoms with Crippen LogP contribution in [0.4, 0.5) is 0 Å². The summed E-state index contributed by atoms with van der Waals surface area (Å²) < 4.78 is 5.49. The summed E-state index contributed by atoms with van der Waals surface area (Å²) in [5.74, 6) is 0.707. The summed E-state index contributed by atoms with van der Waals surface area (Å²) in [4.78, 5) is 11.4. The van der Waals surface area contributed by atoms with Gasteiger partial charge in [-0.1, -0.05) is 6.58 Å². The maximum atomic E-state index is 11.4. The van der Waals surface area contributed by atoms with Gasteiger partial charge in [0.05, 0.1) is 10.7 Å². The Morgan fingerprint density at radius 3 is 2.31 bits per heavy atom. The van der Waals surface area contributed by atoms with Crippen molar-refractivity contribution in [3.8, 4) is 5.75 Å². The van der Waals surface area contributed by atoms with Crippen LogP contribution < -0.4 is 4.74 Å². The number of Topliss-reactive ketones (excluding diaryl/α,β-unsaturated/α-hetero) is 1. The van der Waals surface area contributed by atoms with Crippen LogP contribution >= 0.6 is 22.6 Å². The van der Waals surface area contributed by atoms with Gasteiger partial charge in [-0.3, -0.25) is 4.79 Å². The summed E-state index contributed by atoms with van der Waals surface area (Å²) in [6.07, 6.45) is 0. The maximum absolute atomic E-state index is 11.4. The fraction of sp³-hybridized carbons (Fsp3) is 0.100. The second-order valence-corrected chi connectivity index (χ2v) is 3.76. The third-order valence-electron chi connectivity index (χ3n) is 1.60. The molecule has 0 fully saturated rings. The zero-order valence-electron chi connectivity index (χ0n) is 7.21. The number of allylic oxidation sites excluding steroid dienone is 1. The van der Waals surface area contributed by atoms with Gasteiger partial charge >= 0.3 is 0 Å². The molecule has 0 N–H and O–H groups in total. The Balaban J connectivity index is 2.92. The first-order valence-corrected chi connectivity index (χ1v) is 4.76. The molecule has 0 saturated heterocycles. The zero-order chi connectivity index (χ0) is 9.84. The van der Waals surface area contributed by atoms with E-state index in [2.05, 4.69) is 6.58 Å². The Morgan fingerprint density at radius 1 is 1.38 bits per heavy atom. The van der Waals surface area contributed by atoms with E-state index in [4.69, 9.17) is 4.74 Å². The highest BCUT2D eigenvalue weighted by Crippen LogP contribution is 2.16. The molecule has 1 rings (SSSR count). The van der Waals surface area contributed by atoms with Gasteiger partial charge in [0.2, 0.25) is 0 Å². The summed E-state index contributed by atoms with van der Waals surface area (Å²) >= 11 is 1.91. The molecule has 3 heteroatoms. The van der Waals surface area contributed by atoms with E-state index in [1.165, 1.54) is 0 Å². The lowest BCUT2D eigenvalue weighted by Gasteiger charge is -2.01. The first-order valence-electron chi connectivity index (χ1n) is 3.68. The zero-order valence-corrected chi connectivity index (χ0v) is 9.37. The topological polar surface area (TPSA) is 26.3 Å². The highest BCUT2D eigenvalue weighted by Gasteiger charge is 2.06. The molecule has 1 aromatic carbocycles. The molecule has 0 spiro atoms. The van der Waals surface area contributed by atoms with Crippen LogP contribution in [0.5, 0.6) is 5.75 Å². The van der Waals surface area contributed by atoms with Gasteiger partial charge in [0.1, 0.15) is 5.75 Å². The molecular weight excluding hydrogens is 279 g/mol. The molecule has 0 aliphatic rings. The highest BCUT2D eigenvalue weighted by molar-refractivity contribution is 14.1. The van der Waals surface area contributed by atoms with Crippen molar-refractivity contribution in [3.63, 3.8) is 0 Å². The minimum Gasteiger partial charge on any atom is -0.497 e. The number of halogens is 1. The number of hydrogen-bond acceptors (Lipinski definition) is 2. The Kier molecular flexibility index (Phi) is 3.48. The van der Waals surface area contributed by atoms with E-state index in [0.717, 1.165) is 5.75 Å². The summed E-state index contributed by atoms with van der Waals surface area (Å²) in [5.41, 5.74) is 0.639. The van der Waals surface area contributed by atoms with Gasteiger partial charge in [-0.2, -0.15) is 0 Å². The number of carbonyl (C=O) groups is 1. The normalized spacial score (nSPS) is 9.38. The van der Waals surface area contributed by atoms with Crippen LogP contribution in [0.2, 0.25) is 0 Å². The van der Waals surface area contributed by atoms with Crippen LogP contribution in [0.15, 0.2) is 34.4 Å². The number of hydrogen-bond donors (Lipinski definition) is 0. The summed E-state index contributed by atoms with van der Waals surface area (Å²) in [6.45, 7) is 3.58. The molecule has 1 aromatic rings. The third-order valence-corrected chi connectivity index (χ3v) is 2.09. The first-order chi connectivity index (χ1) is 6.15. The predicted octanol–water partition coefficient (Wildman–Crippen LogP) is 2.83. The van der Waals surface area contributed by atoms with E-state index in [-0.39, 0.29) is 5.78 Å². The number of ketones is 1. The van der Waals surface area contributed by atoms with Crippen molar-refractivity contribution < 1.29 is 9.53 Å². The molecule has 0 radical (unpaired) electrons. The van der Waals surface area contributed by atoms with E-state index in [1.807, 2.05) is 22.6 Å². The quantitative estimate of drug-likeness (QED) is 0.485. The van der Waals surface area contributed by atoms with Gasteiger partial charge in [-0.25, -0.2) is 0 Å². The minimum absolute atomic E-state index is 0.0387. The Morgan fingerprint density at radius 2 is 1.92 bits per heavy atom. The minimum atomic E-state index is -0.0387. The summed E-state index contributed by atoms with van der Waals surface area (Å²) in [7, 11) is 1.59. The lowest BCUT2D eigenvalue weighted by atomic mass is 10.1. The number of ether oxygens (including phenoxy) is 1. The SMILES string of the molecule is C=C(I)C(=O)c1ccc(OC)cc1. The first kappa shape index (κ1) is 10.2. The van der Waals surface area contributed by atoms with Gasteiger partial charge in [0.25, 0.3) is 0 Å². The lowest BCUT2D eigenvalue weighted by Crippen LogP contribution is -1.96. The molecule has 0 unspecified atom stereocenters. The average Bonchev–Trinajstić information content (AvgIpc) is 2.17. The smallest absolute Gasteiger partial charge is 0.198 e. The molecule has 0 bridgehead atoms. The number of benzene rings is 1. The molecular formula is C10H9IO2. The van der Waals surface area contributed by atoms with Crippen molar-refractivity contribution in [2.75, 3.05) is 7.11 Å². The molecule has 0 amide bonds. The van der Waals surface area contributed by atoms with Crippen molar-refractivity contribution in [2.45, 2.75) is 0 Å². The summed E-state index contributed by atoms with van der Waals surface area (Å²) in [6, 6.07) is 6.97. The Bertz CT molecular complexity index is 327. The third kappa shape index (κ3) is 2.55. The van der Waals surface area contributed by atoms with Crippen LogP contribution in [-0.2, 0) is 0 Å². The highest BCUT2D eigenvalue weighted by atomic mass is 127. The van der Waals surface area contributed by atoms with Crippen molar-refractivity contribution in [1.29, 1.82) is 0 Å². The molecule has 0 saturated carbocycles. The van der Waals surface area contributed by atoms with Crippen LogP contribution in [-0.4, -0.2) is 12.9 Å². The molecule has 13 heavy (non-hydrogen) atoms. The molecule has 2 nitrogen and oxygen atoms in total. The van der Waals surface area contributed by atoms with Crippen LogP contribution in [0.1, 0.15) is 10.4 Å². The molecule has 0 aliphatic carbocycles. The molecule has 0 atom stereocenters. The van der Waals surface area contributed by atoms with Gasteiger partial charge < -0.3 is 4.74 Å². The molecule has 0 heterocycles. The van der Waals surface area contributed by atoms with Gasteiger partial charge in [-0.15, -0.1) is 0 Å². The van der Waals surface area contributed by atoms with E-state index in [1.54, 1.807) is 31.4 Å². The lowest BCUT2D eigenvalue weighted by molar-refractivity contribution is 0.104. The van der Waals surface area contributed by atoms with Gasteiger partial charge in [0.15, 0.2) is 5.78 Å².